The Balaban J connectivity index is 1.95. The predicted octanol–water partition coefficient (Wildman–Crippen LogP) is 4.98. The average Bonchev–Trinajstić information content (AvgIpc) is 2.77. The Morgan fingerprint density at radius 2 is 1.81 bits per heavy atom. The molecular weight excluding hydrogens is 454 g/mol. The van der Waals surface area contributed by atoms with Crippen LogP contribution in [0.15, 0.2) is 84.4 Å². The number of rotatable bonds is 8. The van der Waals surface area contributed by atoms with Crippen LogP contribution in [0.2, 0.25) is 0 Å². The van der Waals surface area contributed by atoms with E-state index in [1.54, 1.807) is 30.0 Å². The van der Waals surface area contributed by atoms with Crippen LogP contribution in [0.5, 0.6) is 0 Å². The SMILES string of the molecule is C=CCN(CC=C)C(=O)C(C)NC(=O)c1cc(-c2cccc(Br)c2)nc2ccccc12. The molecule has 0 saturated carbocycles. The molecule has 2 aromatic carbocycles. The number of carbonyl (C=O) groups excluding carboxylic acids is 2. The van der Waals surface area contributed by atoms with Crippen molar-refractivity contribution in [3.63, 3.8) is 0 Å². The molecule has 0 aliphatic heterocycles. The minimum atomic E-state index is -0.700. The second kappa shape index (κ2) is 10.2. The zero-order valence-electron chi connectivity index (χ0n) is 17.3. The molecule has 6 heteroatoms. The zero-order chi connectivity index (χ0) is 22.4. The summed E-state index contributed by atoms with van der Waals surface area (Å²) in [5.41, 5.74) is 2.76. The molecule has 158 valence electrons. The van der Waals surface area contributed by atoms with Gasteiger partial charge in [-0.15, -0.1) is 13.2 Å². The molecular formula is C25H24BrN3O2. The van der Waals surface area contributed by atoms with E-state index in [9.17, 15) is 9.59 Å². The van der Waals surface area contributed by atoms with Crippen molar-refractivity contribution in [2.45, 2.75) is 13.0 Å². The van der Waals surface area contributed by atoms with Gasteiger partial charge in [-0.25, -0.2) is 4.98 Å². The van der Waals surface area contributed by atoms with Crippen LogP contribution < -0.4 is 5.32 Å². The van der Waals surface area contributed by atoms with E-state index in [-0.39, 0.29) is 11.8 Å². The molecule has 1 aromatic heterocycles. The Morgan fingerprint density at radius 3 is 2.48 bits per heavy atom. The third-order valence-electron chi connectivity index (χ3n) is 4.81. The van der Waals surface area contributed by atoms with Crippen molar-refractivity contribution in [2.24, 2.45) is 0 Å². The molecule has 5 nitrogen and oxygen atoms in total. The normalized spacial score (nSPS) is 11.5. The Morgan fingerprint density at radius 1 is 1.10 bits per heavy atom. The van der Waals surface area contributed by atoms with Crippen LogP contribution in [0.1, 0.15) is 17.3 Å². The summed E-state index contributed by atoms with van der Waals surface area (Å²) in [4.78, 5) is 32.3. The van der Waals surface area contributed by atoms with Crippen molar-refractivity contribution < 1.29 is 9.59 Å². The first-order valence-corrected chi connectivity index (χ1v) is 10.7. The van der Waals surface area contributed by atoms with Crippen molar-refractivity contribution in [3.8, 4) is 11.3 Å². The number of nitrogens with one attached hydrogen (secondary N) is 1. The third-order valence-corrected chi connectivity index (χ3v) is 5.30. The third kappa shape index (κ3) is 5.27. The molecule has 1 N–H and O–H groups in total. The van der Waals surface area contributed by atoms with Gasteiger partial charge in [0, 0.05) is 28.5 Å². The van der Waals surface area contributed by atoms with Gasteiger partial charge in [0.25, 0.3) is 5.91 Å². The molecule has 2 amide bonds. The average molecular weight is 478 g/mol. The van der Waals surface area contributed by atoms with Crippen molar-refractivity contribution in [1.82, 2.24) is 15.2 Å². The highest BCUT2D eigenvalue weighted by molar-refractivity contribution is 9.10. The number of pyridine rings is 1. The number of hydrogen-bond acceptors (Lipinski definition) is 3. The lowest BCUT2D eigenvalue weighted by Crippen LogP contribution is -2.47. The van der Waals surface area contributed by atoms with Gasteiger partial charge in [0.1, 0.15) is 6.04 Å². The van der Waals surface area contributed by atoms with E-state index < -0.39 is 6.04 Å². The van der Waals surface area contributed by atoms with Crippen molar-refractivity contribution in [1.29, 1.82) is 0 Å². The molecule has 0 spiro atoms. The van der Waals surface area contributed by atoms with Gasteiger partial charge in [0.05, 0.1) is 16.8 Å². The predicted molar refractivity (Wildman–Crippen MR) is 129 cm³/mol. The number of carbonyl (C=O) groups is 2. The summed E-state index contributed by atoms with van der Waals surface area (Å²) < 4.78 is 0.926. The summed E-state index contributed by atoms with van der Waals surface area (Å²) in [7, 11) is 0. The van der Waals surface area contributed by atoms with Crippen LogP contribution in [-0.4, -0.2) is 40.8 Å². The van der Waals surface area contributed by atoms with E-state index in [0.717, 1.165) is 15.4 Å². The maximum absolute atomic E-state index is 13.2. The van der Waals surface area contributed by atoms with E-state index in [1.165, 1.54) is 0 Å². The molecule has 0 fully saturated rings. The van der Waals surface area contributed by atoms with Crippen molar-refractivity contribution in [3.05, 3.63) is 89.9 Å². The van der Waals surface area contributed by atoms with Crippen LogP contribution in [0.25, 0.3) is 22.2 Å². The summed E-state index contributed by atoms with van der Waals surface area (Å²) in [5, 5.41) is 3.57. The number of benzene rings is 2. The Kier molecular flexibility index (Phi) is 7.36. The highest BCUT2D eigenvalue weighted by Gasteiger charge is 2.22. The molecule has 0 bridgehead atoms. The van der Waals surface area contributed by atoms with Gasteiger partial charge in [-0.05, 0) is 31.2 Å². The topological polar surface area (TPSA) is 62.3 Å². The van der Waals surface area contributed by atoms with Crippen LogP contribution in [0.3, 0.4) is 0 Å². The first-order valence-electron chi connectivity index (χ1n) is 9.91. The first kappa shape index (κ1) is 22.4. The standard InChI is InChI=1S/C25H24BrN3O2/c1-4-13-29(14-5-2)25(31)17(3)27-24(30)21-16-23(18-9-8-10-19(26)15-18)28-22-12-7-6-11-20(21)22/h4-12,15-17H,1-2,13-14H2,3H3,(H,27,30). The lowest BCUT2D eigenvalue weighted by atomic mass is 10.0. The van der Waals surface area contributed by atoms with Crippen molar-refractivity contribution in [2.75, 3.05) is 13.1 Å². The number of aromatic nitrogens is 1. The molecule has 3 rings (SSSR count). The second-order valence-electron chi connectivity index (χ2n) is 7.10. The largest absolute Gasteiger partial charge is 0.340 e. The van der Waals surface area contributed by atoms with Gasteiger partial charge < -0.3 is 10.2 Å². The van der Waals surface area contributed by atoms with E-state index in [4.69, 9.17) is 4.98 Å². The minimum absolute atomic E-state index is 0.196. The molecule has 0 radical (unpaired) electrons. The fourth-order valence-electron chi connectivity index (χ4n) is 3.34. The molecule has 3 aromatic rings. The van der Waals surface area contributed by atoms with E-state index in [0.29, 0.717) is 29.9 Å². The van der Waals surface area contributed by atoms with E-state index >= 15 is 0 Å². The molecule has 1 unspecified atom stereocenters. The number of amides is 2. The Bertz CT molecular complexity index is 1130. The summed E-state index contributed by atoms with van der Waals surface area (Å²) in [6.07, 6.45) is 3.30. The van der Waals surface area contributed by atoms with Crippen LogP contribution in [0.4, 0.5) is 0 Å². The number of nitrogens with zero attached hydrogens (tertiary/aromatic N) is 2. The first-order chi connectivity index (χ1) is 14.9. The smallest absolute Gasteiger partial charge is 0.252 e. The fraction of sp³-hybridized carbons (Fsp3) is 0.160. The highest BCUT2D eigenvalue weighted by atomic mass is 79.9. The Labute approximate surface area is 190 Å². The van der Waals surface area contributed by atoms with Gasteiger partial charge in [0.15, 0.2) is 0 Å². The molecule has 0 saturated heterocycles. The minimum Gasteiger partial charge on any atom is -0.340 e. The number of hydrogen-bond donors (Lipinski definition) is 1. The maximum atomic E-state index is 13.2. The van der Waals surface area contributed by atoms with Gasteiger partial charge in [0.2, 0.25) is 5.91 Å². The van der Waals surface area contributed by atoms with Gasteiger partial charge in [-0.1, -0.05) is 58.4 Å². The monoisotopic (exact) mass is 477 g/mol. The van der Waals surface area contributed by atoms with Crippen LogP contribution in [0, 0.1) is 0 Å². The zero-order valence-corrected chi connectivity index (χ0v) is 18.9. The van der Waals surface area contributed by atoms with Crippen LogP contribution in [-0.2, 0) is 4.79 Å². The summed E-state index contributed by atoms with van der Waals surface area (Å²) >= 11 is 3.48. The molecule has 1 atom stereocenters. The Hall–Kier alpha value is -3.25. The lowest BCUT2D eigenvalue weighted by molar-refractivity contribution is -0.131. The van der Waals surface area contributed by atoms with Gasteiger partial charge >= 0.3 is 0 Å². The van der Waals surface area contributed by atoms with E-state index in [1.807, 2.05) is 48.5 Å². The molecule has 0 aliphatic rings. The van der Waals surface area contributed by atoms with Gasteiger partial charge in [-0.3, -0.25) is 9.59 Å². The summed E-state index contributed by atoms with van der Waals surface area (Å²) in [6.45, 7) is 9.82. The number of fused-ring (bicyclic) bond motifs is 1. The van der Waals surface area contributed by atoms with Gasteiger partial charge in [-0.2, -0.15) is 0 Å². The summed E-state index contributed by atoms with van der Waals surface area (Å²) in [5.74, 6) is -0.522. The number of para-hydroxylation sites is 1. The number of halogens is 1. The highest BCUT2D eigenvalue weighted by Crippen LogP contribution is 2.26. The molecule has 1 heterocycles. The maximum Gasteiger partial charge on any atom is 0.252 e. The fourth-order valence-corrected chi connectivity index (χ4v) is 3.73. The summed E-state index contributed by atoms with van der Waals surface area (Å²) in [6, 6.07) is 16.3. The second-order valence-corrected chi connectivity index (χ2v) is 8.01. The lowest BCUT2D eigenvalue weighted by Gasteiger charge is -2.24. The van der Waals surface area contributed by atoms with Crippen molar-refractivity contribution >= 4 is 38.6 Å². The molecule has 0 aliphatic carbocycles. The van der Waals surface area contributed by atoms with Crippen LogP contribution >= 0.6 is 15.9 Å². The quantitative estimate of drug-likeness (QED) is 0.465. The van der Waals surface area contributed by atoms with E-state index in [2.05, 4.69) is 34.4 Å². The molecule has 31 heavy (non-hydrogen) atoms.